The minimum absolute atomic E-state index is 0.267. The Bertz CT molecular complexity index is 1330. The predicted molar refractivity (Wildman–Crippen MR) is 136 cm³/mol. The fourth-order valence-electron chi connectivity index (χ4n) is 4.53. The van der Waals surface area contributed by atoms with E-state index in [9.17, 15) is 18.0 Å². The number of ether oxygens (including phenoxy) is 3. The van der Waals surface area contributed by atoms with Crippen molar-refractivity contribution in [3.05, 3.63) is 88.5 Å². The molecule has 0 bridgehead atoms. The number of rotatable bonds is 6. The highest BCUT2D eigenvalue weighted by molar-refractivity contribution is 6.27. The first-order valence-electron chi connectivity index (χ1n) is 11.7. The van der Waals surface area contributed by atoms with Crippen LogP contribution in [0, 0.1) is 0 Å². The minimum atomic E-state index is -4.50. The van der Waals surface area contributed by atoms with Gasteiger partial charge in [-0.15, -0.1) is 0 Å². The number of hydrogen-bond donors (Lipinski definition) is 0. The van der Waals surface area contributed by atoms with Crippen molar-refractivity contribution in [2.24, 2.45) is 0 Å². The van der Waals surface area contributed by atoms with Crippen LogP contribution in [0.4, 0.5) is 13.2 Å². The van der Waals surface area contributed by atoms with E-state index in [1.807, 2.05) is 30.3 Å². The molecule has 0 saturated heterocycles. The van der Waals surface area contributed by atoms with Crippen LogP contribution < -0.4 is 14.2 Å². The Morgan fingerprint density at radius 3 is 2.22 bits per heavy atom. The van der Waals surface area contributed by atoms with Gasteiger partial charge in [0.25, 0.3) is 5.91 Å². The summed E-state index contributed by atoms with van der Waals surface area (Å²) in [6, 6.07) is 16.0. The van der Waals surface area contributed by atoms with E-state index < -0.39 is 11.7 Å². The molecule has 3 aromatic carbocycles. The van der Waals surface area contributed by atoms with Crippen LogP contribution in [-0.2, 0) is 23.9 Å². The molecule has 4 rings (SSSR count). The first-order chi connectivity index (χ1) is 17.7. The van der Waals surface area contributed by atoms with Crippen molar-refractivity contribution in [3.63, 3.8) is 0 Å². The molecule has 0 N–H and O–H groups in total. The van der Waals surface area contributed by atoms with E-state index >= 15 is 0 Å². The van der Waals surface area contributed by atoms with E-state index in [0.29, 0.717) is 59.0 Å². The average Bonchev–Trinajstić information content (AvgIpc) is 3.03. The number of hydrogen-bond acceptors (Lipinski definition) is 4. The van der Waals surface area contributed by atoms with Gasteiger partial charge < -0.3 is 19.1 Å². The molecule has 3 aromatic rings. The van der Waals surface area contributed by atoms with Crippen LogP contribution in [0.1, 0.15) is 34.7 Å². The minimum Gasteiger partial charge on any atom is -0.497 e. The van der Waals surface area contributed by atoms with Crippen LogP contribution in [0.15, 0.2) is 60.7 Å². The molecule has 1 aliphatic heterocycles. The zero-order valence-corrected chi connectivity index (χ0v) is 21.1. The van der Waals surface area contributed by atoms with Crippen molar-refractivity contribution in [1.29, 1.82) is 0 Å². The monoisotopic (exact) mass is 511 g/mol. The molecular weight excluding hydrogens is 483 g/mol. The van der Waals surface area contributed by atoms with Gasteiger partial charge in [0.15, 0.2) is 11.5 Å². The van der Waals surface area contributed by atoms with Gasteiger partial charge in [-0.05, 0) is 77.6 Å². The zero-order chi connectivity index (χ0) is 26.7. The third-order valence-electron chi connectivity index (χ3n) is 6.56. The van der Waals surface area contributed by atoms with Crippen molar-refractivity contribution >= 4 is 17.1 Å². The van der Waals surface area contributed by atoms with E-state index in [1.165, 1.54) is 20.3 Å². The Hall–Kier alpha value is -3.94. The van der Waals surface area contributed by atoms with Crippen LogP contribution in [0.5, 0.6) is 17.2 Å². The number of allylic oxidation sites excluding steroid dienone is 1. The third kappa shape index (κ3) is 5.43. The maximum Gasteiger partial charge on any atom is 0.416 e. The van der Waals surface area contributed by atoms with Gasteiger partial charge in [-0.1, -0.05) is 24.3 Å². The van der Waals surface area contributed by atoms with Crippen LogP contribution in [0.3, 0.4) is 0 Å². The highest BCUT2D eigenvalue weighted by atomic mass is 19.4. The summed E-state index contributed by atoms with van der Waals surface area (Å²) in [5.74, 6) is 1.40. The summed E-state index contributed by atoms with van der Waals surface area (Å²) >= 11 is 0. The smallest absolute Gasteiger partial charge is 0.416 e. The van der Waals surface area contributed by atoms with Crippen LogP contribution in [-0.4, -0.2) is 38.7 Å². The van der Waals surface area contributed by atoms with E-state index in [4.69, 9.17) is 14.2 Å². The highest BCUT2D eigenvalue weighted by Gasteiger charge is 2.32. The topological polar surface area (TPSA) is 48.0 Å². The number of benzene rings is 3. The van der Waals surface area contributed by atoms with Crippen molar-refractivity contribution in [3.8, 4) is 17.2 Å². The Morgan fingerprint density at radius 2 is 1.59 bits per heavy atom. The van der Waals surface area contributed by atoms with Gasteiger partial charge in [-0.3, -0.25) is 4.79 Å². The van der Waals surface area contributed by atoms with Gasteiger partial charge in [-0.2, -0.15) is 13.2 Å². The summed E-state index contributed by atoms with van der Waals surface area (Å²) in [6.45, 7) is 2.44. The predicted octanol–water partition coefficient (Wildman–Crippen LogP) is 6.25. The molecule has 0 aliphatic carbocycles. The lowest BCUT2D eigenvalue weighted by atomic mass is 9.91. The molecule has 5 nitrogen and oxygen atoms in total. The average molecular weight is 512 g/mol. The fourth-order valence-corrected chi connectivity index (χ4v) is 4.53. The first kappa shape index (κ1) is 26.1. The Labute approximate surface area is 214 Å². The number of amides is 1. The molecule has 1 heterocycles. The van der Waals surface area contributed by atoms with Crippen LogP contribution in [0.25, 0.3) is 11.1 Å². The summed E-state index contributed by atoms with van der Waals surface area (Å²) < 4.78 is 56.6. The fraction of sp³-hybridized carbons (Fsp3) is 0.276. The maximum atomic E-state index is 14.0. The second kappa shape index (κ2) is 10.6. The van der Waals surface area contributed by atoms with Crippen LogP contribution >= 0.6 is 0 Å². The molecule has 0 radical (unpaired) electrons. The molecule has 0 saturated carbocycles. The van der Waals surface area contributed by atoms with Crippen molar-refractivity contribution < 1.29 is 32.2 Å². The highest BCUT2D eigenvalue weighted by Crippen LogP contribution is 2.40. The van der Waals surface area contributed by atoms with E-state index in [-0.39, 0.29) is 5.91 Å². The first-order valence-corrected chi connectivity index (χ1v) is 11.7. The van der Waals surface area contributed by atoms with Gasteiger partial charge in [-0.25, -0.2) is 0 Å². The van der Waals surface area contributed by atoms with Crippen molar-refractivity contribution in [2.75, 3.05) is 27.9 Å². The molecule has 194 valence electrons. The molecule has 1 aliphatic rings. The van der Waals surface area contributed by atoms with Gasteiger partial charge in [0.05, 0.1) is 32.5 Å². The van der Waals surface area contributed by atoms with Crippen molar-refractivity contribution in [2.45, 2.75) is 26.1 Å². The number of halogens is 3. The number of alkyl halides is 3. The standard InChI is InChI=1S/C29H28F3NO4/c1-18(20-6-5-7-22(14-20)29(30,31)32)27-24-16-26(37-4)25(36-3)15-21(24)12-13-33(28(27)34)17-19-8-10-23(35-2)11-9-19/h5-11,14-16H,12-13,17H2,1-4H3/b27-18+. The van der Waals surface area contributed by atoms with E-state index in [2.05, 4.69) is 0 Å². The van der Waals surface area contributed by atoms with Gasteiger partial charge in [0.2, 0.25) is 0 Å². The second-order valence-corrected chi connectivity index (χ2v) is 8.77. The normalized spacial score (nSPS) is 15.1. The molecule has 0 atom stereocenters. The molecular formula is C29H28F3NO4. The Balaban J connectivity index is 1.87. The molecule has 0 fully saturated rings. The van der Waals surface area contributed by atoms with Gasteiger partial charge >= 0.3 is 6.18 Å². The summed E-state index contributed by atoms with van der Waals surface area (Å²) in [5, 5.41) is 0. The van der Waals surface area contributed by atoms with Crippen LogP contribution in [0.2, 0.25) is 0 Å². The van der Waals surface area contributed by atoms with Gasteiger partial charge in [0, 0.05) is 13.1 Å². The summed E-state index contributed by atoms with van der Waals surface area (Å²) in [5.41, 5.74) is 2.72. The van der Waals surface area contributed by atoms with E-state index in [0.717, 1.165) is 23.3 Å². The Kier molecular flexibility index (Phi) is 7.47. The van der Waals surface area contributed by atoms with Crippen molar-refractivity contribution in [1.82, 2.24) is 4.90 Å². The SMILES string of the molecule is COc1ccc(CN2CCc3cc(OC)c(OC)cc3/C(=C(/C)c3cccc(C(F)(F)F)c3)C2=O)cc1. The summed E-state index contributed by atoms with van der Waals surface area (Å²) in [4.78, 5) is 15.8. The molecule has 37 heavy (non-hydrogen) atoms. The number of carbonyl (C=O) groups excluding carboxylic acids is 1. The largest absolute Gasteiger partial charge is 0.497 e. The zero-order valence-electron chi connectivity index (χ0n) is 21.1. The van der Waals surface area contributed by atoms with E-state index in [1.54, 1.807) is 31.1 Å². The number of fused-ring (bicyclic) bond motifs is 1. The lowest BCUT2D eigenvalue weighted by molar-refractivity contribution is -0.137. The van der Waals surface area contributed by atoms with Gasteiger partial charge in [0.1, 0.15) is 5.75 Å². The lowest BCUT2D eigenvalue weighted by Gasteiger charge is -2.23. The second-order valence-electron chi connectivity index (χ2n) is 8.77. The molecule has 1 amide bonds. The number of carbonyl (C=O) groups is 1. The summed E-state index contributed by atoms with van der Waals surface area (Å²) in [7, 11) is 4.62. The lowest BCUT2D eigenvalue weighted by Crippen LogP contribution is -2.31. The molecule has 0 unspecified atom stereocenters. The molecule has 8 heteroatoms. The quantitative estimate of drug-likeness (QED) is 0.367. The number of nitrogens with zero attached hydrogens (tertiary/aromatic N) is 1. The maximum absolute atomic E-state index is 14.0. The number of methoxy groups -OCH3 is 3. The molecule has 0 spiro atoms. The Morgan fingerprint density at radius 1 is 0.919 bits per heavy atom. The molecule has 0 aromatic heterocycles. The third-order valence-corrected chi connectivity index (χ3v) is 6.56. The summed E-state index contributed by atoms with van der Waals surface area (Å²) in [6.07, 6.45) is -3.96.